The Labute approximate surface area is 181 Å². The second kappa shape index (κ2) is 8.34. The first-order valence-corrected chi connectivity index (χ1v) is 10.1. The Hall–Kier alpha value is -3.48. The third kappa shape index (κ3) is 4.21. The molecule has 7 nitrogen and oxygen atoms in total. The van der Waals surface area contributed by atoms with Crippen molar-refractivity contribution in [1.82, 2.24) is 4.98 Å². The molecule has 0 bridgehead atoms. The van der Waals surface area contributed by atoms with Gasteiger partial charge in [0.2, 0.25) is 11.7 Å². The number of fused-ring (bicyclic) bond motifs is 1. The van der Waals surface area contributed by atoms with Gasteiger partial charge in [0, 0.05) is 23.4 Å². The van der Waals surface area contributed by atoms with Gasteiger partial charge in [0.05, 0.1) is 33.5 Å². The molecule has 1 aliphatic carbocycles. The molecule has 0 saturated heterocycles. The number of hydrogen-bond acceptors (Lipinski definition) is 6. The van der Waals surface area contributed by atoms with E-state index in [0.717, 1.165) is 34.9 Å². The number of primary amides is 1. The lowest BCUT2D eigenvalue weighted by atomic mass is 10.0. The number of nitrogens with two attached hydrogens (primary N) is 1. The van der Waals surface area contributed by atoms with Crippen LogP contribution in [0.4, 0.5) is 0 Å². The van der Waals surface area contributed by atoms with E-state index in [2.05, 4.69) is 4.98 Å². The number of rotatable bonds is 9. The molecule has 4 rings (SSSR count). The van der Waals surface area contributed by atoms with E-state index in [4.69, 9.17) is 24.7 Å². The first-order valence-electron chi connectivity index (χ1n) is 10.1. The minimum absolute atomic E-state index is 0.150. The Morgan fingerprint density at radius 3 is 2.23 bits per heavy atom. The highest BCUT2D eigenvalue weighted by Gasteiger charge is 2.44. The molecule has 0 radical (unpaired) electrons. The maximum absolute atomic E-state index is 11.4. The molecule has 1 amide bonds. The highest BCUT2D eigenvalue weighted by atomic mass is 16.5. The third-order valence-corrected chi connectivity index (χ3v) is 5.72. The maximum Gasteiger partial charge on any atom is 0.218 e. The monoisotopic (exact) mass is 422 g/mol. The summed E-state index contributed by atoms with van der Waals surface area (Å²) in [5, 5.41) is 0.911. The van der Waals surface area contributed by atoms with E-state index in [1.165, 1.54) is 0 Å². The van der Waals surface area contributed by atoms with E-state index in [9.17, 15) is 4.79 Å². The summed E-state index contributed by atoms with van der Waals surface area (Å²) < 4.78 is 22.7. The summed E-state index contributed by atoms with van der Waals surface area (Å²) in [6.45, 7) is 0.443. The Morgan fingerprint density at radius 1 is 1.00 bits per heavy atom. The Bertz CT molecular complexity index is 1100. The van der Waals surface area contributed by atoms with Crippen molar-refractivity contribution in [2.45, 2.75) is 19.3 Å². The van der Waals surface area contributed by atoms with Crippen LogP contribution in [0.3, 0.4) is 0 Å². The quantitative estimate of drug-likeness (QED) is 0.561. The summed E-state index contributed by atoms with van der Waals surface area (Å²) in [6, 6.07) is 11.6. The number of amides is 1. The third-order valence-electron chi connectivity index (χ3n) is 5.72. The summed E-state index contributed by atoms with van der Waals surface area (Å²) >= 11 is 0. The number of aromatic nitrogens is 1. The molecule has 7 heteroatoms. The lowest BCUT2D eigenvalue weighted by molar-refractivity contribution is -0.119. The van der Waals surface area contributed by atoms with E-state index < -0.39 is 0 Å². The molecule has 31 heavy (non-hydrogen) atoms. The van der Waals surface area contributed by atoms with Gasteiger partial charge in [0.15, 0.2) is 11.5 Å². The number of hydrogen-bond donors (Lipinski definition) is 1. The van der Waals surface area contributed by atoms with Gasteiger partial charge >= 0.3 is 0 Å². The van der Waals surface area contributed by atoms with E-state index in [1.54, 1.807) is 27.5 Å². The molecular weight excluding hydrogens is 396 g/mol. The first-order chi connectivity index (χ1) is 15.0. The molecule has 0 atom stereocenters. The smallest absolute Gasteiger partial charge is 0.218 e. The highest BCUT2D eigenvalue weighted by Crippen LogP contribution is 2.49. The average molecular weight is 422 g/mol. The number of ether oxygens (including phenoxy) is 4. The molecule has 2 N–H and O–H groups in total. The second-order valence-corrected chi connectivity index (χ2v) is 7.89. The zero-order valence-corrected chi connectivity index (χ0v) is 17.9. The minimum Gasteiger partial charge on any atom is -0.493 e. The summed E-state index contributed by atoms with van der Waals surface area (Å²) in [4.78, 5) is 15.9. The van der Waals surface area contributed by atoms with Crippen LogP contribution in [0.15, 0.2) is 42.6 Å². The van der Waals surface area contributed by atoms with E-state index in [0.29, 0.717) is 36.0 Å². The van der Waals surface area contributed by atoms with Crippen LogP contribution >= 0.6 is 0 Å². The summed E-state index contributed by atoms with van der Waals surface area (Å²) in [6.07, 6.45) is 3.98. The maximum atomic E-state index is 11.4. The largest absolute Gasteiger partial charge is 0.493 e. The highest BCUT2D eigenvalue weighted by molar-refractivity contribution is 5.90. The molecule has 162 valence electrons. The summed E-state index contributed by atoms with van der Waals surface area (Å²) in [5.74, 6) is 2.09. The molecule has 1 fully saturated rings. The normalized spacial score (nSPS) is 14.2. The standard InChI is InChI=1S/C24H26N2O5/c1-28-20-11-16(12-21(29-2)23(20)30-3)15-9-18-17(5-4-8-26-18)19(10-15)31-14-24(6-7-24)13-22(25)27/h4-5,8-12H,6-7,13-14H2,1-3H3,(H2,25,27). The van der Waals surface area contributed by atoms with Crippen molar-refractivity contribution < 1.29 is 23.7 Å². The Balaban J connectivity index is 1.75. The van der Waals surface area contributed by atoms with Crippen molar-refractivity contribution in [2.75, 3.05) is 27.9 Å². The van der Waals surface area contributed by atoms with E-state index >= 15 is 0 Å². The second-order valence-electron chi connectivity index (χ2n) is 7.89. The van der Waals surface area contributed by atoms with Crippen molar-refractivity contribution in [3.05, 3.63) is 42.6 Å². The molecule has 2 aromatic carbocycles. The van der Waals surface area contributed by atoms with Gasteiger partial charge < -0.3 is 24.7 Å². The zero-order valence-electron chi connectivity index (χ0n) is 17.9. The fourth-order valence-electron chi connectivity index (χ4n) is 3.83. The number of benzene rings is 2. The van der Waals surface area contributed by atoms with Crippen molar-refractivity contribution in [3.63, 3.8) is 0 Å². The van der Waals surface area contributed by atoms with Gasteiger partial charge in [0.1, 0.15) is 5.75 Å². The first kappa shape index (κ1) is 20.8. The van der Waals surface area contributed by atoms with Crippen LogP contribution in [0.1, 0.15) is 19.3 Å². The van der Waals surface area contributed by atoms with Crippen LogP contribution in [0.5, 0.6) is 23.0 Å². The minimum atomic E-state index is -0.293. The number of methoxy groups -OCH3 is 3. The fourth-order valence-corrected chi connectivity index (χ4v) is 3.83. The molecule has 3 aromatic rings. The average Bonchev–Trinajstić information content (AvgIpc) is 3.54. The van der Waals surface area contributed by atoms with Crippen LogP contribution in [-0.2, 0) is 4.79 Å². The summed E-state index contributed by atoms with van der Waals surface area (Å²) in [7, 11) is 4.75. The van der Waals surface area contributed by atoms with Crippen molar-refractivity contribution in [1.29, 1.82) is 0 Å². The lowest BCUT2D eigenvalue weighted by Gasteiger charge is -2.18. The van der Waals surface area contributed by atoms with Crippen molar-refractivity contribution in [2.24, 2.45) is 11.1 Å². The van der Waals surface area contributed by atoms with Gasteiger partial charge in [-0.05, 0) is 60.4 Å². The van der Waals surface area contributed by atoms with Crippen LogP contribution in [0.2, 0.25) is 0 Å². The van der Waals surface area contributed by atoms with Crippen LogP contribution in [0, 0.1) is 5.41 Å². The number of pyridine rings is 1. The summed E-state index contributed by atoms with van der Waals surface area (Å²) in [5.41, 5.74) is 7.86. The molecule has 0 spiro atoms. The van der Waals surface area contributed by atoms with Crippen LogP contribution < -0.4 is 24.7 Å². The van der Waals surface area contributed by atoms with Crippen LogP contribution in [0.25, 0.3) is 22.0 Å². The van der Waals surface area contributed by atoms with Gasteiger partial charge in [-0.15, -0.1) is 0 Å². The zero-order chi connectivity index (χ0) is 22.0. The van der Waals surface area contributed by atoms with Gasteiger partial charge in [0.25, 0.3) is 0 Å². The lowest BCUT2D eigenvalue weighted by Crippen LogP contribution is -2.22. The van der Waals surface area contributed by atoms with E-state index in [1.807, 2.05) is 36.4 Å². The number of carbonyl (C=O) groups excluding carboxylic acids is 1. The van der Waals surface area contributed by atoms with Gasteiger partial charge in [-0.3, -0.25) is 9.78 Å². The van der Waals surface area contributed by atoms with Gasteiger partial charge in [-0.2, -0.15) is 0 Å². The van der Waals surface area contributed by atoms with Crippen LogP contribution in [-0.4, -0.2) is 38.8 Å². The number of carbonyl (C=O) groups is 1. The van der Waals surface area contributed by atoms with E-state index in [-0.39, 0.29) is 11.3 Å². The molecular formula is C24H26N2O5. The molecule has 1 saturated carbocycles. The van der Waals surface area contributed by atoms with Crippen molar-refractivity contribution in [3.8, 4) is 34.1 Å². The molecule has 0 aliphatic heterocycles. The van der Waals surface area contributed by atoms with Gasteiger partial charge in [-0.25, -0.2) is 0 Å². The van der Waals surface area contributed by atoms with Gasteiger partial charge in [-0.1, -0.05) is 0 Å². The Morgan fingerprint density at radius 2 is 1.65 bits per heavy atom. The van der Waals surface area contributed by atoms with Crippen molar-refractivity contribution >= 4 is 16.8 Å². The topological polar surface area (TPSA) is 92.9 Å². The predicted molar refractivity (Wildman–Crippen MR) is 118 cm³/mol. The predicted octanol–water partition coefficient (Wildman–Crippen LogP) is 3.96. The number of nitrogens with zero attached hydrogens (tertiary/aromatic N) is 1. The molecule has 1 aliphatic rings. The fraction of sp³-hybridized carbons (Fsp3) is 0.333. The SMILES string of the molecule is COc1cc(-c2cc(OCC3(CC(N)=O)CC3)c3cccnc3c2)cc(OC)c1OC. The molecule has 1 heterocycles. The Kier molecular flexibility index (Phi) is 5.59. The molecule has 1 aromatic heterocycles. The molecule has 0 unspecified atom stereocenters.